The van der Waals surface area contributed by atoms with Crippen molar-refractivity contribution in [3.8, 4) is 0 Å². The smallest absolute Gasteiger partial charge is 0.301 e. The van der Waals surface area contributed by atoms with Crippen LogP contribution in [0.15, 0.2) is 18.2 Å². The van der Waals surface area contributed by atoms with E-state index in [-0.39, 0.29) is 18.8 Å². The zero-order valence-corrected chi connectivity index (χ0v) is 11.2. The molecule has 0 saturated heterocycles. The number of aryl methyl sites for hydroxylation is 1. The van der Waals surface area contributed by atoms with Gasteiger partial charge in [-0.1, -0.05) is 12.1 Å². The van der Waals surface area contributed by atoms with Crippen LogP contribution in [0.25, 0.3) is 0 Å². The summed E-state index contributed by atoms with van der Waals surface area (Å²) < 4.78 is 40.5. The van der Waals surface area contributed by atoms with Gasteiger partial charge in [0.25, 0.3) is 0 Å². The maximum atomic E-state index is 13.5. The SMILES string of the molecule is Cc1cccc(F)c1NS(=O)(=O)N(C)CCCO. The monoisotopic (exact) mass is 276 g/mol. The molecule has 0 unspecified atom stereocenters. The van der Waals surface area contributed by atoms with Gasteiger partial charge < -0.3 is 5.11 Å². The topological polar surface area (TPSA) is 69.6 Å². The normalized spacial score (nSPS) is 11.8. The van der Waals surface area contributed by atoms with Gasteiger partial charge in [0.2, 0.25) is 0 Å². The lowest BCUT2D eigenvalue weighted by atomic mass is 10.2. The summed E-state index contributed by atoms with van der Waals surface area (Å²) in [6.07, 6.45) is 0.327. The van der Waals surface area contributed by atoms with Crippen LogP contribution in [0.2, 0.25) is 0 Å². The highest BCUT2D eigenvalue weighted by Gasteiger charge is 2.19. The van der Waals surface area contributed by atoms with Crippen LogP contribution in [-0.4, -0.2) is 38.0 Å². The van der Waals surface area contributed by atoms with Gasteiger partial charge in [-0.05, 0) is 25.0 Å². The molecule has 0 aliphatic heterocycles. The molecule has 0 amide bonds. The lowest BCUT2D eigenvalue weighted by molar-refractivity contribution is 0.276. The first-order valence-corrected chi connectivity index (χ1v) is 6.92. The molecule has 0 bridgehead atoms. The van der Waals surface area contributed by atoms with Gasteiger partial charge in [-0.3, -0.25) is 4.72 Å². The van der Waals surface area contributed by atoms with Crippen molar-refractivity contribution in [1.82, 2.24) is 4.31 Å². The first-order chi connectivity index (χ1) is 8.38. The van der Waals surface area contributed by atoms with Gasteiger partial charge in [0, 0.05) is 20.2 Å². The molecule has 102 valence electrons. The van der Waals surface area contributed by atoms with Crippen molar-refractivity contribution < 1.29 is 17.9 Å². The van der Waals surface area contributed by atoms with Crippen molar-refractivity contribution >= 4 is 15.9 Å². The van der Waals surface area contributed by atoms with Crippen LogP contribution in [-0.2, 0) is 10.2 Å². The molecule has 5 nitrogen and oxygen atoms in total. The molecule has 0 aliphatic carbocycles. The van der Waals surface area contributed by atoms with Crippen LogP contribution in [0.4, 0.5) is 10.1 Å². The number of nitrogens with zero attached hydrogens (tertiary/aromatic N) is 1. The van der Waals surface area contributed by atoms with Crippen molar-refractivity contribution in [2.75, 3.05) is 24.9 Å². The van der Waals surface area contributed by atoms with Gasteiger partial charge in [-0.25, -0.2) is 4.39 Å². The number of hydrogen-bond donors (Lipinski definition) is 2. The predicted octanol–water partition coefficient (Wildman–Crippen LogP) is 1.11. The second-order valence-electron chi connectivity index (χ2n) is 3.94. The lowest BCUT2D eigenvalue weighted by Gasteiger charge is -2.19. The molecule has 7 heteroatoms. The highest BCUT2D eigenvalue weighted by atomic mass is 32.2. The Kier molecular flexibility index (Phi) is 5.06. The van der Waals surface area contributed by atoms with Crippen LogP contribution in [0.3, 0.4) is 0 Å². The van der Waals surface area contributed by atoms with E-state index in [1.54, 1.807) is 13.0 Å². The zero-order chi connectivity index (χ0) is 13.8. The van der Waals surface area contributed by atoms with E-state index in [9.17, 15) is 12.8 Å². The molecule has 0 aromatic heterocycles. The third kappa shape index (κ3) is 3.66. The van der Waals surface area contributed by atoms with Gasteiger partial charge in [0.05, 0.1) is 5.69 Å². The molecule has 18 heavy (non-hydrogen) atoms. The van der Waals surface area contributed by atoms with E-state index in [1.807, 2.05) is 0 Å². The van der Waals surface area contributed by atoms with Crippen molar-refractivity contribution in [2.45, 2.75) is 13.3 Å². The average molecular weight is 276 g/mol. The molecule has 0 heterocycles. The first kappa shape index (κ1) is 14.9. The summed E-state index contributed by atoms with van der Waals surface area (Å²) >= 11 is 0. The number of nitrogens with one attached hydrogen (secondary N) is 1. The summed E-state index contributed by atoms with van der Waals surface area (Å²) in [5, 5.41) is 8.66. The van der Waals surface area contributed by atoms with E-state index < -0.39 is 16.0 Å². The Bertz CT molecular complexity index is 485. The van der Waals surface area contributed by atoms with Crippen LogP contribution < -0.4 is 4.72 Å². The van der Waals surface area contributed by atoms with E-state index in [0.717, 1.165) is 4.31 Å². The maximum Gasteiger partial charge on any atom is 0.301 e. The molecule has 1 rings (SSSR count). The fourth-order valence-corrected chi connectivity index (χ4v) is 2.42. The van der Waals surface area contributed by atoms with Gasteiger partial charge in [-0.2, -0.15) is 12.7 Å². The molecule has 0 radical (unpaired) electrons. The van der Waals surface area contributed by atoms with Gasteiger partial charge in [0.15, 0.2) is 0 Å². The fourth-order valence-electron chi connectivity index (χ4n) is 1.38. The van der Waals surface area contributed by atoms with E-state index in [2.05, 4.69) is 4.72 Å². The highest BCUT2D eigenvalue weighted by Crippen LogP contribution is 2.20. The fraction of sp³-hybridized carbons (Fsp3) is 0.455. The second-order valence-corrected chi connectivity index (χ2v) is 5.72. The Balaban J connectivity index is 2.89. The minimum absolute atomic E-state index is 0.0478. The van der Waals surface area contributed by atoms with Crippen molar-refractivity contribution in [2.24, 2.45) is 0 Å². The molecule has 0 fully saturated rings. The molecule has 0 spiro atoms. The third-order valence-electron chi connectivity index (χ3n) is 2.49. The predicted molar refractivity (Wildman–Crippen MR) is 68.0 cm³/mol. The Labute approximate surface area is 106 Å². The van der Waals surface area contributed by atoms with E-state index in [0.29, 0.717) is 12.0 Å². The minimum atomic E-state index is -3.80. The number of anilines is 1. The summed E-state index contributed by atoms with van der Waals surface area (Å²) in [6, 6.07) is 4.32. The largest absolute Gasteiger partial charge is 0.396 e. The minimum Gasteiger partial charge on any atom is -0.396 e. The van der Waals surface area contributed by atoms with Crippen LogP contribution in [0.1, 0.15) is 12.0 Å². The number of aliphatic hydroxyl groups is 1. The summed E-state index contributed by atoms with van der Waals surface area (Å²) in [5.41, 5.74) is 0.461. The maximum absolute atomic E-state index is 13.5. The zero-order valence-electron chi connectivity index (χ0n) is 10.4. The number of para-hydroxylation sites is 1. The number of aliphatic hydroxyl groups excluding tert-OH is 1. The van der Waals surface area contributed by atoms with Crippen molar-refractivity contribution in [3.63, 3.8) is 0 Å². The number of halogens is 1. The molecule has 1 aromatic rings. The van der Waals surface area contributed by atoms with Crippen molar-refractivity contribution in [1.29, 1.82) is 0 Å². The van der Waals surface area contributed by atoms with Gasteiger partial charge in [-0.15, -0.1) is 0 Å². The summed E-state index contributed by atoms with van der Waals surface area (Å²) in [7, 11) is -2.43. The quantitative estimate of drug-likeness (QED) is 0.817. The third-order valence-corrected chi connectivity index (χ3v) is 3.96. The molecule has 2 N–H and O–H groups in total. The highest BCUT2D eigenvalue weighted by molar-refractivity contribution is 7.90. The molecule has 0 atom stereocenters. The summed E-state index contributed by atoms with van der Waals surface area (Å²) in [5.74, 6) is -0.617. The van der Waals surface area contributed by atoms with Crippen molar-refractivity contribution in [3.05, 3.63) is 29.6 Å². The molecular formula is C11H17FN2O3S. The average Bonchev–Trinajstić information content (AvgIpc) is 2.31. The Morgan fingerprint density at radius 2 is 2.11 bits per heavy atom. The molecule has 0 aliphatic rings. The van der Waals surface area contributed by atoms with Gasteiger partial charge >= 0.3 is 10.2 Å². The standard InChI is InChI=1S/C11H17FN2O3S/c1-9-5-3-6-10(12)11(9)13-18(16,17)14(2)7-4-8-15/h3,5-6,13,15H,4,7-8H2,1-2H3. The second kappa shape index (κ2) is 6.12. The lowest BCUT2D eigenvalue weighted by Crippen LogP contribution is -2.34. The first-order valence-electron chi connectivity index (χ1n) is 5.48. The van der Waals surface area contributed by atoms with Crippen LogP contribution >= 0.6 is 0 Å². The Morgan fingerprint density at radius 1 is 1.44 bits per heavy atom. The van der Waals surface area contributed by atoms with Crippen LogP contribution in [0, 0.1) is 12.7 Å². The summed E-state index contributed by atoms with van der Waals surface area (Å²) in [4.78, 5) is 0. The number of hydrogen-bond acceptors (Lipinski definition) is 3. The Hall–Kier alpha value is -1.18. The number of benzene rings is 1. The molecular weight excluding hydrogens is 259 g/mol. The van der Waals surface area contributed by atoms with E-state index >= 15 is 0 Å². The summed E-state index contributed by atoms with van der Waals surface area (Å²) in [6.45, 7) is 1.69. The van der Waals surface area contributed by atoms with Crippen LogP contribution in [0.5, 0.6) is 0 Å². The van der Waals surface area contributed by atoms with E-state index in [1.165, 1.54) is 19.2 Å². The molecule has 1 aromatic carbocycles. The van der Waals surface area contributed by atoms with Gasteiger partial charge in [0.1, 0.15) is 5.82 Å². The Morgan fingerprint density at radius 3 is 2.67 bits per heavy atom. The number of rotatable bonds is 6. The van der Waals surface area contributed by atoms with E-state index in [4.69, 9.17) is 5.11 Å². The molecule has 0 saturated carbocycles.